The molecule has 0 aliphatic carbocycles. The number of sulfonamides is 1. The van der Waals surface area contributed by atoms with Gasteiger partial charge in [0.2, 0.25) is 0 Å². The Kier molecular flexibility index (Phi) is 6.80. The maximum Gasteiger partial charge on any atom is 0.337 e. The first-order valence-corrected chi connectivity index (χ1v) is 10.1. The minimum Gasteiger partial charge on any atom is -0.465 e. The van der Waals surface area contributed by atoms with Gasteiger partial charge in [0.05, 0.1) is 35.9 Å². The van der Waals surface area contributed by atoms with E-state index >= 15 is 0 Å². The number of ether oxygens (including phenoxy) is 2. The molecule has 0 saturated carbocycles. The van der Waals surface area contributed by atoms with Gasteiger partial charge in [-0.05, 0) is 48.2 Å². The fourth-order valence-electron chi connectivity index (χ4n) is 2.65. The van der Waals surface area contributed by atoms with Crippen molar-refractivity contribution in [3.63, 3.8) is 0 Å². The molecular formula is C20H23NO6S. The summed E-state index contributed by atoms with van der Waals surface area (Å²) in [7, 11) is -1.53. The van der Waals surface area contributed by atoms with E-state index in [2.05, 4.69) is 28.0 Å². The molecule has 0 saturated heterocycles. The third kappa shape index (κ3) is 5.32. The summed E-state index contributed by atoms with van der Waals surface area (Å²) in [5.41, 5.74) is 1.13. The van der Waals surface area contributed by atoms with Crippen LogP contribution in [0.3, 0.4) is 0 Å². The fraction of sp³-hybridized carbons (Fsp3) is 0.300. The molecule has 0 radical (unpaired) electrons. The topological polar surface area (TPSA) is 98.8 Å². The molecule has 0 amide bonds. The van der Waals surface area contributed by atoms with E-state index in [0.717, 1.165) is 12.0 Å². The predicted molar refractivity (Wildman–Crippen MR) is 105 cm³/mol. The lowest BCUT2D eigenvalue weighted by Gasteiger charge is -2.12. The van der Waals surface area contributed by atoms with Crippen molar-refractivity contribution in [3.8, 4) is 0 Å². The number of benzene rings is 2. The maximum atomic E-state index is 12.7. The Morgan fingerprint density at radius 1 is 0.929 bits per heavy atom. The van der Waals surface area contributed by atoms with Crippen molar-refractivity contribution in [2.75, 3.05) is 18.9 Å². The smallest absolute Gasteiger partial charge is 0.337 e. The lowest BCUT2D eigenvalue weighted by atomic mass is 10.0. The molecule has 1 N–H and O–H groups in total. The van der Waals surface area contributed by atoms with Crippen molar-refractivity contribution in [2.45, 2.75) is 25.2 Å². The van der Waals surface area contributed by atoms with E-state index in [1.807, 2.05) is 0 Å². The molecular weight excluding hydrogens is 382 g/mol. The summed E-state index contributed by atoms with van der Waals surface area (Å²) < 4.78 is 37.1. The molecule has 0 atom stereocenters. The summed E-state index contributed by atoms with van der Waals surface area (Å²) in [5, 5.41) is 0. The molecule has 28 heavy (non-hydrogen) atoms. The first-order chi connectivity index (χ1) is 13.2. The second kappa shape index (κ2) is 8.88. The second-order valence-corrected chi connectivity index (χ2v) is 8.31. The number of nitrogens with one attached hydrogen (secondary N) is 1. The van der Waals surface area contributed by atoms with Gasteiger partial charge >= 0.3 is 11.9 Å². The van der Waals surface area contributed by atoms with Gasteiger partial charge in [0, 0.05) is 0 Å². The molecule has 0 bridgehead atoms. The number of esters is 2. The number of anilines is 1. The molecule has 2 aromatic carbocycles. The lowest BCUT2D eigenvalue weighted by Crippen LogP contribution is -2.15. The number of hydrogen-bond donors (Lipinski definition) is 1. The van der Waals surface area contributed by atoms with Crippen LogP contribution in [0.4, 0.5) is 5.69 Å². The SMILES string of the molecule is COC(=O)c1cc(NS(=O)(=O)c2ccc(CC(C)C)cc2)cc(C(=O)OC)c1. The van der Waals surface area contributed by atoms with Gasteiger partial charge in [0.25, 0.3) is 10.0 Å². The van der Waals surface area contributed by atoms with Crippen molar-refractivity contribution in [3.05, 3.63) is 59.2 Å². The van der Waals surface area contributed by atoms with E-state index in [1.54, 1.807) is 12.1 Å². The Morgan fingerprint density at radius 3 is 1.86 bits per heavy atom. The summed E-state index contributed by atoms with van der Waals surface area (Å²) >= 11 is 0. The molecule has 150 valence electrons. The van der Waals surface area contributed by atoms with E-state index < -0.39 is 22.0 Å². The van der Waals surface area contributed by atoms with Crippen LogP contribution in [0.15, 0.2) is 47.4 Å². The molecule has 0 aliphatic heterocycles. The highest BCUT2D eigenvalue weighted by molar-refractivity contribution is 7.92. The van der Waals surface area contributed by atoms with E-state index in [9.17, 15) is 18.0 Å². The van der Waals surface area contributed by atoms with E-state index in [4.69, 9.17) is 0 Å². The van der Waals surface area contributed by atoms with Crippen LogP contribution in [-0.2, 0) is 25.9 Å². The van der Waals surface area contributed by atoms with Crippen molar-refractivity contribution >= 4 is 27.6 Å². The molecule has 0 heterocycles. The van der Waals surface area contributed by atoms with Crippen LogP contribution < -0.4 is 4.72 Å². The third-order valence-electron chi connectivity index (χ3n) is 3.91. The highest BCUT2D eigenvalue weighted by Crippen LogP contribution is 2.21. The number of rotatable bonds is 7. The van der Waals surface area contributed by atoms with Crippen molar-refractivity contribution in [1.82, 2.24) is 0 Å². The van der Waals surface area contributed by atoms with E-state index in [0.29, 0.717) is 5.92 Å². The van der Waals surface area contributed by atoms with Gasteiger partial charge in [-0.2, -0.15) is 0 Å². The van der Waals surface area contributed by atoms with Crippen molar-refractivity contribution in [2.24, 2.45) is 5.92 Å². The Bertz CT molecular complexity index is 930. The lowest BCUT2D eigenvalue weighted by molar-refractivity contribution is 0.0599. The normalized spacial score (nSPS) is 11.2. The third-order valence-corrected chi connectivity index (χ3v) is 5.30. The zero-order valence-electron chi connectivity index (χ0n) is 16.2. The molecule has 0 unspecified atom stereocenters. The van der Waals surface area contributed by atoms with Crippen LogP contribution in [0.5, 0.6) is 0 Å². The van der Waals surface area contributed by atoms with Gasteiger partial charge in [-0.15, -0.1) is 0 Å². The monoisotopic (exact) mass is 405 g/mol. The first-order valence-electron chi connectivity index (χ1n) is 8.59. The molecule has 2 rings (SSSR count). The van der Waals surface area contributed by atoms with Crippen molar-refractivity contribution < 1.29 is 27.5 Å². The Morgan fingerprint density at radius 2 is 1.43 bits per heavy atom. The Labute approximate surface area is 164 Å². The molecule has 0 aromatic heterocycles. The average molecular weight is 405 g/mol. The quantitative estimate of drug-likeness (QED) is 0.710. The Hall–Kier alpha value is -2.87. The molecule has 7 nitrogen and oxygen atoms in total. The molecule has 2 aromatic rings. The van der Waals surface area contributed by atoms with Crippen LogP contribution in [0.1, 0.15) is 40.1 Å². The number of carbonyl (C=O) groups excluding carboxylic acids is 2. The Balaban J connectivity index is 2.36. The van der Waals surface area contributed by atoms with Gasteiger partial charge in [-0.3, -0.25) is 4.72 Å². The first kappa shape index (κ1) is 21.4. The van der Waals surface area contributed by atoms with Crippen molar-refractivity contribution in [1.29, 1.82) is 0 Å². The number of carbonyl (C=O) groups is 2. The number of hydrogen-bond acceptors (Lipinski definition) is 6. The minimum absolute atomic E-state index is 0.0235. The predicted octanol–water partition coefficient (Wildman–Crippen LogP) is 3.26. The molecule has 0 spiro atoms. The van der Waals surface area contributed by atoms with Crippen LogP contribution in [0, 0.1) is 5.92 Å². The van der Waals surface area contributed by atoms with Crippen LogP contribution in [0.25, 0.3) is 0 Å². The molecule has 0 aliphatic rings. The van der Waals surface area contributed by atoms with E-state index in [-0.39, 0.29) is 21.7 Å². The largest absolute Gasteiger partial charge is 0.465 e. The summed E-state index contributed by atoms with van der Waals surface area (Å²) in [6.45, 7) is 4.17. The summed E-state index contributed by atoms with van der Waals surface area (Å²) in [4.78, 5) is 23.7. The average Bonchev–Trinajstić information content (AvgIpc) is 2.66. The second-order valence-electron chi connectivity index (χ2n) is 6.63. The summed E-state index contributed by atoms with van der Waals surface area (Å²) in [5.74, 6) is -0.952. The van der Waals surface area contributed by atoms with E-state index in [1.165, 1.54) is 44.6 Å². The highest BCUT2D eigenvalue weighted by Gasteiger charge is 2.18. The van der Waals surface area contributed by atoms with Crippen LogP contribution in [-0.4, -0.2) is 34.6 Å². The summed E-state index contributed by atoms with van der Waals surface area (Å²) in [6, 6.07) is 10.4. The maximum absolute atomic E-state index is 12.7. The highest BCUT2D eigenvalue weighted by atomic mass is 32.2. The zero-order chi connectivity index (χ0) is 20.9. The zero-order valence-corrected chi connectivity index (χ0v) is 17.0. The van der Waals surface area contributed by atoms with Gasteiger partial charge in [0.1, 0.15) is 0 Å². The summed E-state index contributed by atoms with van der Waals surface area (Å²) in [6.07, 6.45) is 0.845. The minimum atomic E-state index is -3.91. The van der Waals surface area contributed by atoms with Gasteiger partial charge in [-0.25, -0.2) is 18.0 Å². The van der Waals surface area contributed by atoms with Gasteiger partial charge < -0.3 is 9.47 Å². The van der Waals surface area contributed by atoms with Gasteiger partial charge in [0.15, 0.2) is 0 Å². The van der Waals surface area contributed by atoms with Gasteiger partial charge in [-0.1, -0.05) is 26.0 Å². The fourth-order valence-corrected chi connectivity index (χ4v) is 3.69. The van der Waals surface area contributed by atoms with Crippen LogP contribution in [0.2, 0.25) is 0 Å². The molecule has 0 fully saturated rings. The number of methoxy groups -OCH3 is 2. The van der Waals surface area contributed by atoms with Crippen LogP contribution >= 0.6 is 0 Å². The standard InChI is InChI=1S/C20H23NO6S/c1-13(2)9-14-5-7-18(8-6-14)28(24,25)21-17-11-15(19(22)26-3)10-16(12-17)20(23)27-4/h5-8,10-13,21H,9H2,1-4H3. The molecule has 8 heteroatoms.